The maximum Gasteiger partial charge on any atom is 0.155 e. The van der Waals surface area contributed by atoms with Gasteiger partial charge in [-0.05, 0) is 17.7 Å². The molecule has 0 spiro atoms. The van der Waals surface area contributed by atoms with Crippen LogP contribution in [0.1, 0.15) is 26.5 Å². The lowest BCUT2D eigenvalue weighted by Gasteiger charge is -2.13. The first-order valence-corrected chi connectivity index (χ1v) is 6.30. The second-order valence-corrected chi connectivity index (χ2v) is 5.66. The van der Waals surface area contributed by atoms with Crippen LogP contribution in [0.5, 0.6) is 0 Å². The second kappa shape index (κ2) is 4.16. The van der Waals surface area contributed by atoms with Gasteiger partial charge in [-0.2, -0.15) is 5.10 Å². The highest BCUT2D eigenvalue weighted by Gasteiger charge is 2.18. The topological polar surface area (TPSA) is 43.1 Å². The van der Waals surface area contributed by atoms with Gasteiger partial charge in [-0.15, -0.1) is 0 Å². The zero-order valence-electron chi connectivity index (χ0n) is 11.3. The Kier molecular flexibility index (Phi) is 2.59. The molecule has 0 aliphatic rings. The molecule has 4 heteroatoms. The lowest BCUT2D eigenvalue weighted by atomic mass is 9.93. The minimum absolute atomic E-state index is 0.0323. The molecule has 3 rings (SSSR count). The zero-order valence-corrected chi connectivity index (χ0v) is 11.3. The normalized spacial score (nSPS) is 11.9. The fraction of sp³-hybridized carbons (Fsp3) is 0.267. The van der Waals surface area contributed by atoms with Crippen LogP contribution in [0.15, 0.2) is 43.0 Å². The van der Waals surface area contributed by atoms with Crippen molar-refractivity contribution in [2.45, 2.75) is 26.2 Å². The van der Waals surface area contributed by atoms with E-state index in [2.05, 4.69) is 35.8 Å². The molecule has 0 N–H and O–H groups in total. The van der Waals surface area contributed by atoms with E-state index in [1.807, 2.05) is 35.1 Å². The van der Waals surface area contributed by atoms with Gasteiger partial charge in [-0.3, -0.25) is 4.98 Å². The van der Waals surface area contributed by atoms with Crippen LogP contribution in [-0.4, -0.2) is 19.6 Å². The third-order valence-corrected chi connectivity index (χ3v) is 3.10. The number of hydrogen-bond donors (Lipinski definition) is 0. The molecule has 4 nitrogen and oxygen atoms in total. The van der Waals surface area contributed by atoms with Crippen LogP contribution in [0.2, 0.25) is 0 Å². The number of pyridine rings is 1. The van der Waals surface area contributed by atoms with Gasteiger partial charge in [0.15, 0.2) is 5.65 Å². The van der Waals surface area contributed by atoms with E-state index in [0.29, 0.717) is 0 Å². The number of nitrogens with zero attached hydrogens (tertiary/aromatic N) is 4. The van der Waals surface area contributed by atoms with Gasteiger partial charge in [-0.25, -0.2) is 9.50 Å². The van der Waals surface area contributed by atoms with Gasteiger partial charge in [0.05, 0.1) is 5.69 Å². The van der Waals surface area contributed by atoms with Gasteiger partial charge in [0.1, 0.15) is 0 Å². The van der Waals surface area contributed by atoms with Crippen LogP contribution in [0.3, 0.4) is 0 Å². The lowest BCUT2D eigenvalue weighted by molar-refractivity contribution is 0.562. The van der Waals surface area contributed by atoms with Crippen LogP contribution in [0.4, 0.5) is 0 Å². The summed E-state index contributed by atoms with van der Waals surface area (Å²) in [7, 11) is 0. The summed E-state index contributed by atoms with van der Waals surface area (Å²) >= 11 is 0. The Morgan fingerprint density at radius 3 is 2.47 bits per heavy atom. The van der Waals surface area contributed by atoms with Crippen molar-refractivity contribution < 1.29 is 0 Å². The van der Waals surface area contributed by atoms with E-state index in [9.17, 15) is 0 Å². The molecular formula is C15H16N4. The van der Waals surface area contributed by atoms with Gasteiger partial charge in [0.25, 0.3) is 0 Å². The molecule has 0 bridgehead atoms. The predicted octanol–water partition coefficient (Wildman–Crippen LogP) is 3.09. The summed E-state index contributed by atoms with van der Waals surface area (Å²) in [5.41, 5.74) is 4.09. The maximum atomic E-state index is 4.61. The first-order chi connectivity index (χ1) is 9.04. The summed E-state index contributed by atoms with van der Waals surface area (Å²) in [6.45, 7) is 6.45. The number of rotatable bonds is 1. The van der Waals surface area contributed by atoms with Gasteiger partial charge in [-0.1, -0.05) is 20.8 Å². The fourth-order valence-electron chi connectivity index (χ4n) is 1.94. The Bertz CT molecular complexity index is 708. The predicted molar refractivity (Wildman–Crippen MR) is 74.9 cm³/mol. The van der Waals surface area contributed by atoms with Crippen LogP contribution < -0.4 is 0 Å². The quantitative estimate of drug-likeness (QED) is 0.668. The molecule has 0 aliphatic carbocycles. The molecule has 0 amide bonds. The summed E-state index contributed by atoms with van der Waals surface area (Å²) in [5.74, 6) is 0. The van der Waals surface area contributed by atoms with E-state index in [0.717, 1.165) is 22.5 Å². The lowest BCUT2D eigenvalue weighted by Crippen LogP contribution is -2.11. The number of aromatic nitrogens is 4. The van der Waals surface area contributed by atoms with Crippen molar-refractivity contribution in [2.75, 3.05) is 0 Å². The van der Waals surface area contributed by atoms with Crippen molar-refractivity contribution in [3.05, 3.63) is 48.7 Å². The summed E-state index contributed by atoms with van der Waals surface area (Å²) in [6.07, 6.45) is 7.44. The highest BCUT2D eigenvalue weighted by molar-refractivity contribution is 5.62. The molecule has 3 heterocycles. The van der Waals surface area contributed by atoms with Gasteiger partial charge in [0, 0.05) is 41.8 Å². The van der Waals surface area contributed by atoms with E-state index >= 15 is 0 Å². The Labute approximate surface area is 112 Å². The first kappa shape index (κ1) is 11.8. The molecule has 3 aromatic rings. The van der Waals surface area contributed by atoms with Crippen molar-refractivity contribution in [3.8, 4) is 11.1 Å². The van der Waals surface area contributed by atoms with E-state index in [1.54, 1.807) is 12.4 Å². The molecule has 96 valence electrons. The SMILES string of the molecule is CC(C)(C)c1cc2ncc(-c3ccncc3)cn2n1. The molecule has 0 aliphatic heterocycles. The molecule has 0 saturated carbocycles. The van der Waals surface area contributed by atoms with Gasteiger partial charge >= 0.3 is 0 Å². The summed E-state index contributed by atoms with van der Waals surface area (Å²) in [5, 5.41) is 4.61. The van der Waals surface area contributed by atoms with E-state index in [4.69, 9.17) is 0 Å². The van der Waals surface area contributed by atoms with Crippen molar-refractivity contribution in [1.29, 1.82) is 0 Å². The van der Waals surface area contributed by atoms with Crippen LogP contribution in [-0.2, 0) is 5.41 Å². The zero-order chi connectivity index (χ0) is 13.5. The molecule has 0 aromatic carbocycles. The highest BCUT2D eigenvalue weighted by Crippen LogP contribution is 2.23. The summed E-state index contributed by atoms with van der Waals surface area (Å²) in [4.78, 5) is 8.50. The minimum atomic E-state index is 0.0323. The maximum absolute atomic E-state index is 4.61. The van der Waals surface area contributed by atoms with E-state index in [-0.39, 0.29) is 5.41 Å². The molecule has 0 fully saturated rings. The second-order valence-electron chi connectivity index (χ2n) is 5.66. The standard InChI is InChI=1S/C15H16N4/c1-15(2,3)13-8-14-17-9-12(10-19(14)18-13)11-4-6-16-7-5-11/h4-10H,1-3H3. The Morgan fingerprint density at radius 2 is 1.79 bits per heavy atom. The average Bonchev–Trinajstić information content (AvgIpc) is 2.82. The Morgan fingerprint density at radius 1 is 1.05 bits per heavy atom. The average molecular weight is 252 g/mol. The van der Waals surface area contributed by atoms with Crippen molar-refractivity contribution in [2.24, 2.45) is 0 Å². The van der Waals surface area contributed by atoms with Crippen LogP contribution in [0, 0.1) is 0 Å². The summed E-state index contributed by atoms with van der Waals surface area (Å²) in [6, 6.07) is 5.98. The van der Waals surface area contributed by atoms with Crippen molar-refractivity contribution in [1.82, 2.24) is 19.6 Å². The molecule has 0 unspecified atom stereocenters. The van der Waals surface area contributed by atoms with Crippen LogP contribution in [0.25, 0.3) is 16.8 Å². The number of hydrogen-bond acceptors (Lipinski definition) is 3. The largest absolute Gasteiger partial charge is 0.265 e. The molecule has 3 aromatic heterocycles. The Balaban J connectivity index is 2.11. The molecule has 19 heavy (non-hydrogen) atoms. The van der Waals surface area contributed by atoms with Gasteiger partial charge in [0.2, 0.25) is 0 Å². The van der Waals surface area contributed by atoms with Crippen molar-refractivity contribution in [3.63, 3.8) is 0 Å². The van der Waals surface area contributed by atoms with E-state index in [1.165, 1.54) is 0 Å². The van der Waals surface area contributed by atoms with Crippen LogP contribution >= 0.6 is 0 Å². The molecule has 0 atom stereocenters. The molecule has 0 saturated heterocycles. The fourth-order valence-corrected chi connectivity index (χ4v) is 1.94. The number of fused-ring (bicyclic) bond motifs is 1. The third-order valence-electron chi connectivity index (χ3n) is 3.10. The first-order valence-electron chi connectivity index (χ1n) is 6.30. The van der Waals surface area contributed by atoms with Crippen molar-refractivity contribution >= 4 is 5.65 Å². The smallest absolute Gasteiger partial charge is 0.155 e. The van der Waals surface area contributed by atoms with E-state index < -0.39 is 0 Å². The summed E-state index contributed by atoms with van der Waals surface area (Å²) < 4.78 is 1.84. The third kappa shape index (κ3) is 2.21. The Hall–Kier alpha value is -2.23. The molecule has 0 radical (unpaired) electrons. The molecular weight excluding hydrogens is 236 g/mol. The highest BCUT2D eigenvalue weighted by atomic mass is 15.2. The minimum Gasteiger partial charge on any atom is -0.265 e. The van der Waals surface area contributed by atoms with Gasteiger partial charge < -0.3 is 0 Å². The monoisotopic (exact) mass is 252 g/mol.